The van der Waals surface area contributed by atoms with Crippen molar-refractivity contribution in [2.45, 2.75) is 0 Å². The molecule has 2 aromatic rings. The van der Waals surface area contributed by atoms with Crippen molar-refractivity contribution in [3.8, 4) is 0 Å². The summed E-state index contributed by atoms with van der Waals surface area (Å²) in [4.78, 5) is 11.4. The molecular formula is C14H12ClNO2. The van der Waals surface area contributed by atoms with Gasteiger partial charge in [-0.1, -0.05) is 17.7 Å². The van der Waals surface area contributed by atoms with E-state index in [4.69, 9.17) is 11.6 Å². The third-order valence-electron chi connectivity index (χ3n) is 2.42. The third kappa shape index (κ3) is 3.02. The normalized spacial score (nSPS) is 9.89. The first kappa shape index (κ1) is 12.5. The highest BCUT2D eigenvalue weighted by atomic mass is 35.5. The van der Waals surface area contributed by atoms with Crippen molar-refractivity contribution < 1.29 is 9.53 Å². The molecule has 0 aliphatic rings. The molecule has 0 spiro atoms. The van der Waals surface area contributed by atoms with Crippen LogP contribution in [-0.2, 0) is 4.74 Å². The third-order valence-corrected chi connectivity index (χ3v) is 2.67. The van der Waals surface area contributed by atoms with Crippen molar-refractivity contribution >= 4 is 28.9 Å². The largest absolute Gasteiger partial charge is 0.465 e. The summed E-state index contributed by atoms with van der Waals surface area (Å²) < 4.78 is 4.67. The number of esters is 1. The van der Waals surface area contributed by atoms with Crippen LogP contribution < -0.4 is 5.32 Å². The van der Waals surface area contributed by atoms with E-state index >= 15 is 0 Å². The van der Waals surface area contributed by atoms with Gasteiger partial charge in [0, 0.05) is 16.4 Å². The van der Waals surface area contributed by atoms with Crippen LogP contribution >= 0.6 is 11.6 Å². The van der Waals surface area contributed by atoms with Crippen molar-refractivity contribution in [1.82, 2.24) is 0 Å². The Kier molecular flexibility index (Phi) is 3.85. The number of ether oxygens (including phenoxy) is 1. The Morgan fingerprint density at radius 3 is 2.50 bits per heavy atom. The van der Waals surface area contributed by atoms with E-state index < -0.39 is 0 Å². The molecule has 0 aliphatic heterocycles. The Bertz CT molecular complexity index is 552. The zero-order valence-corrected chi connectivity index (χ0v) is 10.6. The second-order valence-electron chi connectivity index (χ2n) is 3.70. The second-order valence-corrected chi connectivity index (χ2v) is 4.14. The van der Waals surface area contributed by atoms with Crippen LogP contribution in [0.5, 0.6) is 0 Å². The molecule has 0 aliphatic carbocycles. The van der Waals surface area contributed by atoms with Crippen molar-refractivity contribution in [2.75, 3.05) is 12.4 Å². The molecule has 0 saturated heterocycles. The van der Waals surface area contributed by atoms with Gasteiger partial charge in [0.1, 0.15) is 0 Å². The maximum Gasteiger partial charge on any atom is 0.337 e. The van der Waals surface area contributed by atoms with Gasteiger partial charge in [0.2, 0.25) is 0 Å². The van der Waals surface area contributed by atoms with Gasteiger partial charge in [-0.3, -0.25) is 0 Å². The lowest BCUT2D eigenvalue weighted by molar-refractivity contribution is 0.0601. The van der Waals surface area contributed by atoms with Gasteiger partial charge in [0.25, 0.3) is 0 Å². The quantitative estimate of drug-likeness (QED) is 0.853. The molecule has 0 fully saturated rings. The number of carbonyl (C=O) groups excluding carboxylic acids is 1. The summed E-state index contributed by atoms with van der Waals surface area (Å²) in [5.41, 5.74) is 2.23. The van der Waals surface area contributed by atoms with Gasteiger partial charge >= 0.3 is 5.97 Å². The number of methoxy groups -OCH3 is 1. The van der Waals surface area contributed by atoms with Gasteiger partial charge in [-0.15, -0.1) is 0 Å². The van der Waals surface area contributed by atoms with Crippen LogP contribution in [0, 0.1) is 0 Å². The van der Waals surface area contributed by atoms with Crippen LogP contribution in [0.2, 0.25) is 5.02 Å². The molecule has 4 heteroatoms. The lowest BCUT2D eigenvalue weighted by atomic mass is 10.2. The smallest absolute Gasteiger partial charge is 0.337 e. The lowest BCUT2D eigenvalue weighted by Crippen LogP contribution is -2.01. The minimum atomic E-state index is -0.352. The van der Waals surface area contributed by atoms with Gasteiger partial charge in [-0.25, -0.2) is 4.79 Å². The molecule has 0 bridgehead atoms. The number of benzene rings is 2. The summed E-state index contributed by atoms with van der Waals surface area (Å²) in [6.07, 6.45) is 0. The standard InChI is InChI=1S/C14H12ClNO2/c1-18-14(17)10-3-2-4-13(9-10)16-12-7-5-11(15)6-8-12/h2-9,16H,1H3. The highest BCUT2D eigenvalue weighted by Gasteiger charge is 2.05. The molecule has 2 aromatic carbocycles. The first-order valence-electron chi connectivity index (χ1n) is 5.40. The van der Waals surface area contributed by atoms with Crippen LogP contribution in [0.1, 0.15) is 10.4 Å². The molecule has 0 saturated carbocycles. The van der Waals surface area contributed by atoms with E-state index in [1.54, 1.807) is 30.3 Å². The van der Waals surface area contributed by atoms with E-state index in [1.807, 2.05) is 18.2 Å². The summed E-state index contributed by atoms with van der Waals surface area (Å²) in [7, 11) is 1.36. The summed E-state index contributed by atoms with van der Waals surface area (Å²) in [5, 5.41) is 3.87. The van der Waals surface area contributed by atoms with Crippen LogP contribution in [0.15, 0.2) is 48.5 Å². The highest BCUT2D eigenvalue weighted by molar-refractivity contribution is 6.30. The minimum Gasteiger partial charge on any atom is -0.465 e. The van der Waals surface area contributed by atoms with Crippen molar-refractivity contribution in [3.63, 3.8) is 0 Å². The van der Waals surface area contributed by atoms with Crippen LogP contribution in [-0.4, -0.2) is 13.1 Å². The lowest BCUT2D eigenvalue weighted by Gasteiger charge is -2.07. The fourth-order valence-corrected chi connectivity index (χ4v) is 1.67. The van der Waals surface area contributed by atoms with Crippen molar-refractivity contribution in [3.05, 3.63) is 59.1 Å². The number of anilines is 2. The van der Waals surface area contributed by atoms with Gasteiger partial charge < -0.3 is 10.1 Å². The maximum absolute atomic E-state index is 11.4. The SMILES string of the molecule is COC(=O)c1cccc(Nc2ccc(Cl)cc2)c1. The molecule has 0 atom stereocenters. The van der Waals surface area contributed by atoms with E-state index in [1.165, 1.54) is 7.11 Å². The summed E-state index contributed by atoms with van der Waals surface area (Å²) >= 11 is 5.81. The van der Waals surface area contributed by atoms with Gasteiger partial charge in [0.05, 0.1) is 12.7 Å². The number of hydrogen-bond donors (Lipinski definition) is 1. The average Bonchev–Trinajstić information content (AvgIpc) is 2.41. The van der Waals surface area contributed by atoms with E-state index in [9.17, 15) is 4.79 Å². The van der Waals surface area contributed by atoms with E-state index in [0.29, 0.717) is 10.6 Å². The Balaban J connectivity index is 2.19. The van der Waals surface area contributed by atoms with Gasteiger partial charge in [-0.05, 0) is 42.5 Å². The summed E-state index contributed by atoms with van der Waals surface area (Å²) in [6, 6.07) is 14.5. The first-order valence-corrected chi connectivity index (χ1v) is 5.78. The number of hydrogen-bond acceptors (Lipinski definition) is 3. The van der Waals surface area contributed by atoms with Crippen LogP contribution in [0.25, 0.3) is 0 Å². The van der Waals surface area contributed by atoms with E-state index in [2.05, 4.69) is 10.1 Å². The molecule has 0 heterocycles. The maximum atomic E-state index is 11.4. The first-order chi connectivity index (χ1) is 8.69. The molecule has 1 N–H and O–H groups in total. The minimum absolute atomic E-state index is 0.352. The molecular weight excluding hydrogens is 250 g/mol. The highest BCUT2D eigenvalue weighted by Crippen LogP contribution is 2.20. The van der Waals surface area contributed by atoms with Gasteiger partial charge in [-0.2, -0.15) is 0 Å². The monoisotopic (exact) mass is 261 g/mol. The number of nitrogens with one attached hydrogen (secondary N) is 1. The average molecular weight is 262 g/mol. The van der Waals surface area contributed by atoms with E-state index in [0.717, 1.165) is 11.4 Å². The zero-order valence-electron chi connectivity index (χ0n) is 9.81. The summed E-state index contributed by atoms with van der Waals surface area (Å²) in [5.74, 6) is -0.352. The second kappa shape index (κ2) is 5.56. The van der Waals surface area contributed by atoms with Gasteiger partial charge in [0.15, 0.2) is 0 Å². The molecule has 0 aromatic heterocycles. The topological polar surface area (TPSA) is 38.3 Å². The van der Waals surface area contributed by atoms with Crippen molar-refractivity contribution in [2.24, 2.45) is 0 Å². The molecule has 0 unspecified atom stereocenters. The molecule has 18 heavy (non-hydrogen) atoms. The predicted molar refractivity (Wildman–Crippen MR) is 72.5 cm³/mol. The van der Waals surface area contributed by atoms with Crippen LogP contribution in [0.3, 0.4) is 0 Å². The predicted octanol–water partition coefficient (Wildman–Crippen LogP) is 3.87. The number of rotatable bonds is 3. The fraction of sp³-hybridized carbons (Fsp3) is 0.0714. The Morgan fingerprint density at radius 1 is 1.11 bits per heavy atom. The Labute approximate surface area is 110 Å². The molecule has 0 amide bonds. The van der Waals surface area contributed by atoms with Crippen LogP contribution in [0.4, 0.5) is 11.4 Å². The molecule has 0 radical (unpaired) electrons. The van der Waals surface area contributed by atoms with Crippen molar-refractivity contribution in [1.29, 1.82) is 0 Å². The Hall–Kier alpha value is -2.00. The molecule has 2 rings (SSSR count). The Morgan fingerprint density at radius 2 is 1.83 bits per heavy atom. The fourth-order valence-electron chi connectivity index (χ4n) is 1.54. The zero-order chi connectivity index (χ0) is 13.0. The summed E-state index contributed by atoms with van der Waals surface area (Å²) in [6.45, 7) is 0. The number of carbonyl (C=O) groups is 1. The molecule has 3 nitrogen and oxygen atoms in total. The van der Waals surface area contributed by atoms with E-state index in [-0.39, 0.29) is 5.97 Å². The molecule has 92 valence electrons. The number of halogens is 1.